The quantitative estimate of drug-likeness (QED) is 0.849. The van der Waals surface area contributed by atoms with Crippen molar-refractivity contribution >= 4 is 15.7 Å². The highest BCUT2D eigenvalue weighted by molar-refractivity contribution is 7.89. The minimum Gasteiger partial charge on any atom is -0.371 e. The summed E-state index contributed by atoms with van der Waals surface area (Å²) in [5, 5.41) is 0. The molecule has 1 saturated heterocycles. The van der Waals surface area contributed by atoms with E-state index in [-0.39, 0.29) is 12.2 Å². The SMILES string of the molecule is C[C@@H]1CN(c2ccccc2S(=O)(=O)N(C)C)C[C@H](C2CC2)O1. The molecule has 0 aromatic heterocycles. The van der Waals surface area contributed by atoms with Crippen molar-refractivity contribution in [3.63, 3.8) is 0 Å². The molecule has 3 rings (SSSR count). The molecular weight excluding hydrogens is 300 g/mol. The van der Waals surface area contributed by atoms with Gasteiger partial charge in [0.25, 0.3) is 0 Å². The number of morpholine rings is 1. The highest BCUT2D eigenvalue weighted by Crippen LogP contribution is 2.38. The Morgan fingerprint density at radius 1 is 1.18 bits per heavy atom. The van der Waals surface area contributed by atoms with Gasteiger partial charge in [0.15, 0.2) is 0 Å². The fourth-order valence-electron chi connectivity index (χ4n) is 3.04. The number of para-hydroxylation sites is 1. The van der Waals surface area contributed by atoms with Crippen molar-refractivity contribution in [2.24, 2.45) is 5.92 Å². The molecule has 0 unspecified atom stereocenters. The monoisotopic (exact) mass is 324 g/mol. The predicted octanol–water partition coefficient (Wildman–Crippen LogP) is 1.94. The van der Waals surface area contributed by atoms with E-state index in [4.69, 9.17) is 4.74 Å². The molecule has 1 heterocycles. The summed E-state index contributed by atoms with van der Waals surface area (Å²) in [5.41, 5.74) is 0.789. The molecule has 1 aromatic carbocycles. The van der Waals surface area contributed by atoms with Crippen LogP contribution in [0.4, 0.5) is 5.69 Å². The normalized spacial score (nSPS) is 26.5. The van der Waals surface area contributed by atoms with Crippen molar-refractivity contribution in [1.29, 1.82) is 0 Å². The first kappa shape index (κ1) is 15.8. The van der Waals surface area contributed by atoms with E-state index in [1.54, 1.807) is 26.2 Å². The maximum atomic E-state index is 12.6. The maximum Gasteiger partial charge on any atom is 0.244 e. The first-order valence-corrected chi connectivity index (χ1v) is 9.25. The third-order valence-electron chi connectivity index (χ3n) is 4.40. The summed E-state index contributed by atoms with van der Waals surface area (Å²) >= 11 is 0. The average molecular weight is 324 g/mol. The number of hydrogen-bond acceptors (Lipinski definition) is 4. The van der Waals surface area contributed by atoms with Gasteiger partial charge >= 0.3 is 0 Å². The van der Waals surface area contributed by atoms with Crippen molar-refractivity contribution < 1.29 is 13.2 Å². The van der Waals surface area contributed by atoms with Crippen molar-refractivity contribution in [3.8, 4) is 0 Å². The van der Waals surface area contributed by atoms with Gasteiger partial charge in [0, 0.05) is 27.2 Å². The van der Waals surface area contributed by atoms with Crippen LogP contribution in [-0.2, 0) is 14.8 Å². The van der Waals surface area contributed by atoms with Gasteiger partial charge in [-0.05, 0) is 37.8 Å². The van der Waals surface area contributed by atoms with E-state index in [0.29, 0.717) is 10.8 Å². The predicted molar refractivity (Wildman–Crippen MR) is 86.6 cm³/mol. The van der Waals surface area contributed by atoms with Gasteiger partial charge in [0.05, 0.1) is 17.9 Å². The van der Waals surface area contributed by atoms with Crippen LogP contribution in [0, 0.1) is 5.92 Å². The van der Waals surface area contributed by atoms with Crippen molar-refractivity contribution in [3.05, 3.63) is 24.3 Å². The number of nitrogens with zero attached hydrogens (tertiary/aromatic N) is 2. The van der Waals surface area contributed by atoms with E-state index in [1.165, 1.54) is 17.1 Å². The Morgan fingerprint density at radius 3 is 2.50 bits per heavy atom. The van der Waals surface area contributed by atoms with Gasteiger partial charge in [-0.3, -0.25) is 0 Å². The second kappa shape index (κ2) is 5.83. The first-order valence-electron chi connectivity index (χ1n) is 7.81. The summed E-state index contributed by atoms with van der Waals surface area (Å²) in [6, 6.07) is 7.27. The Bertz CT molecular complexity index is 641. The number of benzene rings is 1. The maximum absolute atomic E-state index is 12.6. The Hall–Kier alpha value is -1.11. The molecule has 22 heavy (non-hydrogen) atoms. The number of ether oxygens (including phenoxy) is 1. The summed E-state index contributed by atoms with van der Waals surface area (Å²) < 4.78 is 32.5. The van der Waals surface area contributed by atoms with E-state index >= 15 is 0 Å². The zero-order valence-corrected chi connectivity index (χ0v) is 14.2. The van der Waals surface area contributed by atoms with E-state index in [0.717, 1.165) is 18.8 Å². The van der Waals surface area contributed by atoms with Crippen molar-refractivity contribution in [2.45, 2.75) is 36.9 Å². The van der Waals surface area contributed by atoms with Crippen LogP contribution in [0.3, 0.4) is 0 Å². The molecule has 0 radical (unpaired) electrons. The standard InChI is InChI=1S/C16H24N2O3S/c1-12-10-18(11-15(21-12)13-8-9-13)14-6-4-5-7-16(14)22(19,20)17(2)3/h4-7,12-13,15H,8-11H2,1-3H3/t12-,15-/m1/s1. The summed E-state index contributed by atoms with van der Waals surface area (Å²) in [4.78, 5) is 2.55. The van der Waals surface area contributed by atoms with Crippen LogP contribution in [0.25, 0.3) is 0 Å². The molecule has 0 N–H and O–H groups in total. The van der Waals surface area contributed by atoms with Gasteiger partial charge in [0.2, 0.25) is 10.0 Å². The van der Waals surface area contributed by atoms with Crippen LogP contribution in [0.2, 0.25) is 0 Å². The lowest BCUT2D eigenvalue weighted by Gasteiger charge is -2.39. The third kappa shape index (κ3) is 3.00. The molecule has 2 aliphatic rings. The summed E-state index contributed by atoms with van der Waals surface area (Å²) in [5.74, 6) is 0.642. The molecule has 1 aromatic rings. The topological polar surface area (TPSA) is 49.9 Å². The summed E-state index contributed by atoms with van der Waals surface area (Å²) in [6.07, 6.45) is 2.79. The molecule has 6 heteroatoms. The molecule has 122 valence electrons. The molecule has 1 aliphatic heterocycles. The van der Waals surface area contributed by atoms with Crippen LogP contribution in [0.15, 0.2) is 29.2 Å². The largest absolute Gasteiger partial charge is 0.371 e. The molecule has 5 nitrogen and oxygen atoms in total. The second-order valence-corrected chi connectivity index (χ2v) is 8.60. The van der Waals surface area contributed by atoms with Gasteiger partial charge in [-0.25, -0.2) is 12.7 Å². The first-order chi connectivity index (χ1) is 10.4. The zero-order valence-electron chi connectivity index (χ0n) is 13.4. The zero-order chi connectivity index (χ0) is 15.9. The van der Waals surface area contributed by atoms with Gasteiger partial charge in [0.1, 0.15) is 4.90 Å². The number of anilines is 1. The lowest BCUT2D eigenvalue weighted by atomic mass is 10.1. The van der Waals surface area contributed by atoms with Crippen LogP contribution in [-0.4, -0.2) is 52.1 Å². The molecule has 0 bridgehead atoms. The van der Waals surface area contributed by atoms with Crippen LogP contribution >= 0.6 is 0 Å². The third-order valence-corrected chi connectivity index (χ3v) is 6.26. The molecule has 2 atom stereocenters. The number of rotatable bonds is 4. The van der Waals surface area contributed by atoms with E-state index < -0.39 is 10.0 Å². The van der Waals surface area contributed by atoms with Gasteiger partial charge < -0.3 is 9.64 Å². The fraction of sp³-hybridized carbons (Fsp3) is 0.625. The van der Waals surface area contributed by atoms with Crippen LogP contribution < -0.4 is 4.90 Å². The number of hydrogen-bond donors (Lipinski definition) is 0. The molecule has 1 aliphatic carbocycles. The van der Waals surface area contributed by atoms with E-state index in [1.807, 2.05) is 12.1 Å². The Kier molecular flexibility index (Phi) is 4.18. The van der Waals surface area contributed by atoms with Crippen molar-refractivity contribution in [1.82, 2.24) is 4.31 Å². The molecule has 0 spiro atoms. The van der Waals surface area contributed by atoms with Crippen LogP contribution in [0.5, 0.6) is 0 Å². The Labute approximate surface area is 132 Å². The Balaban J connectivity index is 1.94. The van der Waals surface area contributed by atoms with E-state index in [2.05, 4.69) is 11.8 Å². The lowest BCUT2D eigenvalue weighted by molar-refractivity contribution is -0.0272. The van der Waals surface area contributed by atoms with E-state index in [9.17, 15) is 8.42 Å². The average Bonchev–Trinajstić information content (AvgIpc) is 3.31. The minimum absolute atomic E-state index is 0.120. The molecular formula is C16H24N2O3S. The molecule has 0 amide bonds. The minimum atomic E-state index is -3.45. The highest BCUT2D eigenvalue weighted by Gasteiger charge is 2.38. The Morgan fingerprint density at radius 2 is 1.86 bits per heavy atom. The fourth-order valence-corrected chi connectivity index (χ4v) is 4.15. The van der Waals surface area contributed by atoms with Gasteiger partial charge in [-0.1, -0.05) is 12.1 Å². The van der Waals surface area contributed by atoms with Crippen molar-refractivity contribution in [2.75, 3.05) is 32.1 Å². The second-order valence-electron chi connectivity index (χ2n) is 6.48. The van der Waals surface area contributed by atoms with Gasteiger partial charge in [-0.15, -0.1) is 0 Å². The van der Waals surface area contributed by atoms with Crippen LogP contribution in [0.1, 0.15) is 19.8 Å². The van der Waals surface area contributed by atoms with Gasteiger partial charge in [-0.2, -0.15) is 0 Å². The molecule has 1 saturated carbocycles. The number of sulfonamides is 1. The smallest absolute Gasteiger partial charge is 0.244 e. The lowest BCUT2D eigenvalue weighted by Crippen LogP contribution is -2.48. The summed E-state index contributed by atoms with van der Waals surface area (Å²) in [7, 11) is -0.305. The molecule has 2 fully saturated rings. The summed E-state index contributed by atoms with van der Waals surface area (Å²) in [6.45, 7) is 3.56. The highest BCUT2D eigenvalue weighted by atomic mass is 32.2.